The van der Waals surface area contributed by atoms with E-state index in [9.17, 15) is 9.13 Å². The molecule has 3 nitrogen and oxygen atoms in total. The van der Waals surface area contributed by atoms with Crippen molar-refractivity contribution >= 4 is 36.0 Å². The van der Waals surface area contributed by atoms with Gasteiger partial charge in [0.15, 0.2) is 0 Å². The monoisotopic (exact) mass is 418 g/mol. The molecule has 0 aliphatic rings. The molecule has 4 aromatic rings. The third-order valence-corrected chi connectivity index (χ3v) is 12.2. The van der Waals surface area contributed by atoms with Crippen LogP contribution in [0.2, 0.25) is 0 Å². The fraction of sp³-hybridized carbons (Fsp3) is 0. The fourth-order valence-electron chi connectivity index (χ4n) is 4.07. The summed E-state index contributed by atoms with van der Waals surface area (Å²) in [7, 11) is -3.17. The van der Waals surface area contributed by atoms with Gasteiger partial charge in [0.1, 0.15) is 0 Å². The van der Waals surface area contributed by atoms with Crippen LogP contribution in [-0.4, -0.2) is 0 Å². The fourth-order valence-corrected chi connectivity index (χ4v) is 11.4. The zero-order valence-electron chi connectivity index (χ0n) is 15.7. The molecule has 144 valence electrons. The van der Waals surface area contributed by atoms with Crippen molar-refractivity contribution in [3.8, 4) is 0 Å². The molecule has 29 heavy (non-hydrogen) atoms. The van der Waals surface area contributed by atoms with Gasteiger partial charge in [-0.1, -0.05) is 0 Å². The molecule has 0 heterocycles. The van der Waals surface area contributed by atoms with Crippen molar-refractivity contribution in [3.05, 3.63) is 121 Å². The molecule has 4 rings (SSSR count). The summed E-state index contributed by atoms with van der Waals surface area (Å²) in [5.41, 5.74) is 0. The van der Waals surface area contributed by atoms with E-state index in [0.717, 1.165) is 21.2 Å². The van der Waals surface area contributed by atoms with Gasteiger partial charge >= 0.3 is 171 Å². The Kier molecular flexibility index (Phi) is 5.30. The summed E-state index contributed by atoms with van der Waals surface area (Å²) in [6.07, 6.45) is 0. The maximum atomic E-state index is 12.4. The molecular weight excluding hydrogens is 398 g/mol. The van der Waals surface area contributed by atoms with E-state index in [2.05, 4.69) is 0 Å². The van der Waals surface area contributed by atoms with Gasteiger partial charge < -0.3 is 0 Å². The Bertz CT molecular complexity index is 982. The van der Waals surface area contributed by atoms with Gasteiger partial charge in [-0.3, -0.25) is 0 Å². The van der Waals surface area contributed by atoms with Gasteiger partial charge in [-0.05, 0) is 0 Å². The van der Waals surface area contributed by atoms with Crippen molar-refractivity contribution < 1.29 is 13.4 Å². The SMILES string of the molecule is O=P(=O)OP(c1ccccc1)(c1ccccc1)(c1ccccc1)c1ccccc1. The molecule has 0 radical (unpaired) electrons. The Morgan fingerprint density at radius 1 is 0.448 bits per heavy atom. The molecule has 0 unspecified atom stereocenters. The Labute approximate surface area is 170 Å². The van der Waals surface area contributed by atoms with E-state index in [1.54, 1.807) is 0 Å². The first-order valence-corrected chi connectivity index (χ1v) is 12.5. The Balaban J connectivity index is 2.32. The first-order chi connectivity index (χ1) is 14.2. The third-order valence-electron chi connectivity index (χ3n) is 5.23. The molecule has 0 saturated heterocycles. The Morgan fingerprint density at radius 2 is 0.690 bits per heavy atom. The second-order valence-corrected chi connectivity index (χ2v) is 11.9. The molecule has 0 aliphatic heterocycles. The summed E-state index contributed by atoms with van der Waals surface area (Å²) >= 11 is 0. The summed E-state index contributed by atoms with van der Waals surface area (Å²) in [4.78, 5) is 0. The summed E-state index contributed by atoms with van der Waals surface area (Å²) in [6, 6.07) is 38.8. The van der Waals surface area contributed by atoms with Gasteiger partial charge in [0.2, 0.25) is 0 Å². The summed E-state index contributed by atoms with van der Waals surface area (Å²) < 4.78 is 31.0. The van der Waals surface area contributed by atoms with E-state index in [0.29, 0.717) is 0 Å². The zero-order valence-corrected chi connectivity index (χ0v) is 17.5. The molecule has 0 bridgehead atoms. The van der Waals surface area contributed by atoms with Crippen molar-refractivity contribution in [1.29, 1.82) is 0 Å². The number of rotatable bonds is 6. The van der Waals surface area contributed by atoms with Gasteiger partial charge in [0.05, 0.1) is 0 Å². The van der Waals surface area contributed by atoms with Gasteiger partial charge in [0, 0.05) is 0 Å². The quantitative estimate of drug-likeness (QED) is 0.420. The van der Waals surface area contributed by atoms with Crippen molar-refractivity contribution in [1.82, 2.24) is 0 Å². The summed E-state index contributed by atoms with van der Waals surface area (Å²) in [5.74, 6) is 0. The van der Waals surface area contributed by atoms with Gasteiger partial charge in [-0.25, -0.2) is 0 Å². The van der Waals surface area contributed by atoms with Gasteiger partial charge in [0.25, 0.3) is 0 Å². The Morgan fingerprint density at radius 3 is 0.897 bits per heavy atom. The minimum absolute atomic E-state index is 0.835. The first kappa shape index (κ1) is 19.5. The molecule has 0 saturated carbocycles. The van der Waals surface area contributed by atoms with Crippen LogP contribution in [0.15, 0.2) is 121 Å². The maximum absolute atomic E-state index is 12.4. The molecule has 0 aliphatic carbocycles. The molecule has 5 heteroatoms. The van der Waals surface area contributed by atoms with Crippen LogP contribution in [0.3, 0.4) is 0 Å². The molecule has 0 atom stereocenters. The van der Waals surface area contributed by atoms with Crippen molar-refractivity contribution in [2.24, 2.45) is 0 Å². The van der Waals surface area contributed by atoms with Crippen LogP contribution in [-0.2, 0) is 13.4 Å². The van der Waals surface area contributed by atoms with Crippen molar-refractivity contribution in [2.45, 2.75) is 0 Å². The second-order valence-electron chi connectivity index (χ2n) is 6.68. The minimum atomic E-state index is -4.03. The molecule has 0 N–H and O–H groups in total. The van der Waals surface area contributed by atoms with Crippen LogP contribution >= 0.6 is 14.7 Å². The standard InChI is InChI=1S/C24H20O3P2/c25-28(26)27-29(21-13-5-1-6-14-21,22-15-7-2-8-16-22,23-17-9-3-10-18-23)24-19-11-4-12-20-24/h1-20H. The predicted molar refractivity (Wildman–Crippen MR) is 121 cm³/mol. The van der Waals surface area contributed by atoms with E-state index in [1.807, 2.05) is 121 Å². The van der Waals surface area contributed by atoms with Crippen molar-refractivity contribution in [3.63, 3.8) is 0 Å². The van der Waals surface area contributed by atoms with Crippen LogP contribution in [0.4, 0.5) is 0 Å². The normalized spacial score (nSPS) is 12.6. The summed E-state index contributed by atoms with van der Waals surface area (Å²) in [5, 5.41) is 3.34. The number of benzene rings is 4. The topological polar surface area (TPSA) is 43.4 Å². The van der Waals surface area contributed by atoms with E-state index in [4.69, 9.17) is 4.31 Å². The summed E-state index contributed by atoms with van der Waals surface area (Å²) in [6.45, 7) is -4.03. The average Bonchev–Trinajstić information content (AvgIpc) is 2.80. The molecule has 0 spiro atoms. The average molecular weight is 418 g/mol. The zero-order chi connectivity index (χ0) is 20.2. The Hall–Kier alpha value is -2.83. The second kappa shape index (κ2) is 7.89. The van der Waals surface area contributed by atoms with Crippen molar-refractivity contribution in [2.75, 3.05) is 0 Å². The molecule has 0 amide bonds. The van der Waals surface area contributed by atoms with Crippen LogP contribution in [0, 0.1) is 0 Å². The van der Waals surface area contributed by atoms with E-state index in [1.165, 1.54) is 0 Å². The molecule has 4 aromatic carbocycles. The van der Waals surface area contributed by atoms with E-state index < -0.39 is 14.7 Å². The molecule has 0 fully saturated rings. The predicted octanol–water partition coefficient (Wildman–Crippen LogP) is 4.86. The van der Waals surface area contributed by atoms with Gasteiger partial charge in [-0.15, -0.1) is 0 Å². The first-order valence-electron chi connectivity index (χ1n) is 9.27. The van der Waals surface area contributed by atoms with Gasteiger partial charge in [-0.2, -0.15) is 0 Å². The van der Waals surface area contributed by atoms with E-state index >= 15 is 0 Å². The van der Waals surface area contributed by atoms with Crippen LogP contribution < -0.4 is 21.2 Å². The van der Waals surface area contributed by atoms with Crippen LogP contribution in [0.25, 0.3) is 0 Å². The van der Waals surface area contributed by atoms with E-state index in [-0.39, 0.29) is 0 Å². The molecule has 0 aromatic heterocycles. The number of hydrogen-bond donors (Lipinski definition) is 0. The third kappa shape index (κ3) is 2.99. The number of hydrogen-bond acceptors (Lipinski definition) is 3. The molecular formula is C24H20O3P2. The van der Waals surface area contributed by atoms with Crippen LogP contribution in [0.1, 0.15) is 0 Å². The van der Waals surface area contributed by atoms with Crippen LogP contribution in [0.5, 0.6) is 0 Å².